The Morgan fingerprint density at radius 2 is 2.05 bits per heavy atom. The molecule has 1 N–H and O–H groups in total. The average Bonchev–Trinajstić information content (AvgIpc) is 3.24. The van der Waals surface area contributed by atoms with Crippen LogP contribution in [0.2, 0.25) is 0 Å². The summed E-state index contributed by atoms with van der Waals surface area (Å²) in [7, 11) is 0. The fourth-order valence-corrected chi connectivity index (χ4v) is 2.86. The van der Waals surface area contributed by atoms with E-state index in [1.807, 2.05) is 24.3 Å². The quantitative estimate of drug-likeness (QED) is 0.798. The first kappa shape index (κ1) is 13.1. The maximum Gasteiger partial charge on any atom is 0.231 e. The van der Waals surface area contributed by atoms with Gasteiger partial charge in [0.2, 0.25) is 6.79 Å². The van der Waals surface area contributed by atoms with Gasteiger partial charge in [-0.05, 0) is 29.6 Å². The molecule has 22 heavy (non-hydrogen) atoms. The highest BCUT2D eigenvalue weighted by Gasteiger charge is 2.14. The Hall–Kier alpha value is -2.60. The van der Waals surface area contributed by atoms with Crippen molar-refractivity contribution in [2.45, 2.75) is 6.54 Å². The number of fused-ring (bicyclic) bond motifs is 1. The van der Waals surface area contributed by atoms with Gasteiger partial charge in [-0.25, -0.2) is 4.98 Å². The van der Waals surface area contributed by atoms with Crippen molar-refractivity contribution in [3.8, 4) is 22.8 Å². The van der Waals surface area contributed by atoms with Crippen LogP contribution < -0.4 is 14.8 Å². The predicted molar refractivity (Wildman–Crippen MR) is 85.2 cm³/mol. The van der Waals surface area contributed by atoms with E-state index in [2.05, 4.69) is 26.7 Å². The highest BCUT2D eigenvalue weighted by Crippen LogP contribution is 2.35. The fourth-order valence-electron chi connectivity index (χ4n) is 2.22. The van der Waals surface area contributed by atoms with Crippen LogP contribution in [0.15, 0.2) is 48.1 Å². The zero-order valence-electron chi connectivity index (χ0n) is 11.7. The third kappa shape index (κ3) is 2.60. The lowest BCUT2D eigenvalue weighted by Gasteiger charge is -2.05. The number of nitrogens with zero attached hydrogens (tertiary/aromatic N) is 2. The average molecular weight is 311 g/mol. The molecule has 110 valence electrons. The van der Waals surface area contributed by atoms with Crippen LogP contribution in [-0.4, -0.2) is 16.8 Å². The third-order valence-corrected chi connectivity index (χ3v) is 4.22. The molecule has 0 aliphatic carbocycles. The second-order valence-electron chi connectivity index (χ2n) is 4.79. The molecule has 0 spiro atoms. The minimum Gasteiger partial charge on any atom is -0.454 e. The van der Waals surface area contributed by atoms with Gasteiger partial charge in [0.1, 0.15) is 5.82 Å². The lowest BCUT2D eigenvalue weighted by Crippen LogP contribution is -2.00. The van der Waals surface area contributed by atoms with Gasteiger partial charge in [-0.3, -0.25) is 4.98 Å². The number of hydrogen-bond donors (Lipinski definition) is 1. The maximum atomic E-state index is 5.38. The van der Waals surface area contributed by atoms with Gasteiger partial charge in [0.15, 0.2) is 11.5 Å². The first-order valence-corrected chi connectivity index (χ1v) is 7.75. The van der Waals surface area contributed by atoms with Gasteiger partial charge in [-0.15, -0.1) is 11.3 Å². The van der Waals surface area contributed by atoms with Crippen molar-refractivity contribution in [3.05, 3.63) is 53.0 Å². The van der Waals surface area contributed by atoms with E-state index < -0.39 is 0 Å². The number of benzene rings is 1. The molecule has 3 heterocycles. The predicted octanol–water partition coefficient (Wildman–Crippen LogP) is 3.55. The van der Waals surface area contributed by atoms with Crippen LogP contribution in [0, 0.1) is 0 Å². The van der Waals surface area contributed by atoms with Crippen molar-refractivity contribution in [1.29, 1.82) is 0 Å². The Morgan fingerprint density at radius 1 is 1.09 bits per heavy atom. The molecular weight excluding hydrogens is 298 g/mol. The van der Waals surface area contributed by atoms with E-state index in [4.69, 9.17) is 9.47 Å². The molecule has 3 aromatic rings. The molecule has 1 aromatic carbocycles. The lowest BCUT2D eigenvalue weighted by molar-refractivity contribution is 0.174. The molecule has 0 fully saturated rings. The number of hydrogen-bond acceptors (Lipinski definition) is 6. The maximum absolute atomic E-state index is 5.38. The number of aromatic nitrogens is 2. The third-order valence-electron chi connectivity index (χ3n) is 3.34. The topological polar surface area (TPSA) is 56.3 Å². The molecule has 0 saturated carbocycles. The van der Waals surface area contributed by atoms with E-state index in [1.165, 1.54) is 4.88 Å². The Kier molecular flexibility index (Phi) is 3.36. The molecule has 0 saturated heterocycles. The van der Waals surface area contributed by atoms with Crippen molar-refractivity contribution >= 4 is 17.2 Å². The standard InChI is InChI=1S/C16H13N3O2S/c1-2-12(22-5-1)7-18-16-9-17-13(8-19-16)11-3-4-14-15(6-11)21-10-20-14/h1-6,8-9H,7,10H2,(H,18,19). The summed E-state index contributed by atoms with van der Waals surface area (Å²) < 4.78 is 10.7. The van der Waals surface area contributed by atoms with E-state index in [0.29, 0.717) is 0 Å². The Bertz CT molecular complexity index is 773. The van der Waals surface area contributed by atoms with Crippen LogP contribution in [-0.2, 0) is 6.54 Å². The van der Waals surface area contributed by atoms with Gasteiger partial charge in [0, 0.05) is 10.4 Å². The zero-order chi connectivity index (χ0) is 14.8. The number of rotatable bonds is 4. The second-order valence-corrected chi connectivity index (χ2v) is 5.82. The molecule has 0 atom stereocenters. The van der Waals surface area contributed by atoms with Gasteiger partial charge in [0.05, 0.1) is 24.6 Å². The van der Waals surface area contributed by atoms with Crippen molar-refractivity contribution in [2.24, 2.45) is 0 Å². The van der Waals surface area contributed by atoms with Crippen molar-refractivity contribution in [2.75, 3.05) is 12.1 Å². The minimum atomic E-state index is 0.274. The monoisotopic (exact) mass is 311 g/mol. The van der Waals surface area contributed by atoms with E-state index in [9.17, 15) is 0 Å². The molecule has 0 radical (unpaired) electrons. The summed E-state index contributed by atoms with van der Waals surface area (Å²) in [4.78, 5) is 10.1. The number of anilines is 1. The smallest absolute Gasteiger partial charge is 0.231 e. The molecule has 4 rings (SSSR count). The van der Waals surface area contributed by atoms with Gasteiger partial charge in [0.25, 0.3) is 0 Å². The van der Waals surface area contributed by atoms with Crippen molar-refractivity contribution in [3.63, 3.8) is 0 Å². The van der Waals surface area contributed by atoms with Crippen LogP contribution in [0.25, 0.3) is 11.3 Å². The molecule has 1 aliphatic heterocycles. The summed E-state index contributed by atoms with van der Waals surface area (Å²) in [6.07, 6.45) is 3.50. The van der Waals surface area contributed by atoms with Crippen LogP contribution in [0.4, 0.5) is 5.82 Å². The molecule has 5 nitrogen and oxygen atoms in total. The van der Waals surface area contributed by atoms with E-state index >= 15 is 0 Å². The lowest BCUT2D eigenvalue weighted by atomic mass is 10.1. The normalized spacial score (nSPS) is 12.4. The molecule has 2 aromatic heterocycles. The summed E-state index contributed by atoms with van der Waals surface area (Å²) >= 11 is 1.72. The Labute approximate surface area is 131 Å². The van der Waals surface area contributed by atoms with Gasteiger partial charge in [-0.1, -0.05) is 6.07 Å². The second kappa shape index (κ2) is 5.65. The van der Waals surface area contributed by atoms with Crippen LogP contribution in [0.5, 0.6) is 11.5 Å². The highest BCUT2D eigenvalue weighted by molar-refractivity contribution is 7.09. The SMILES string of the molecule is c1csc(CNc2cnc(-c3ccc4c(c3)OCO4)cn2)c1. The minimum absolute atomic E-state index is 0.274. The summed E-state index contributed by atoms with van der Waals surface area (Å²) in [5.41, 5.74) is 1.77. The summed E-state index contributed by atoms with van der Waals surface area (Å²) in [6, 6.07) is 9.89. The van der Waals surface area contributed by atoms with Crippen LogP contribution in [0.3, 0.4) is 0 Å². The van der Waals surface area contributed by atoms with E-state index in [1.54, 1.807) is 23.7 Å². The largest absolute Gasteiger partial charge is 0.454 e. The summed E-state index contributed by atoms with van der Waals surface area (Å²) in [5.74, 6) is 2.28. The van der Waals surface area contributed by atoms with E-state index in [-0.39, 0.29) is 6.79 Å². The number of nitrogens with one attached hydrogen (secondary N) is 1. The number of ether oxygens (including phenoxy) is 2. The first-order valence-electron chi connectivity index (χ1n) is 6.87. The van der Waals surface area contributed by atoms with Crippen LogP contribution in [0.1, 0.15) is 4.88 Å². The molecule has 6 heteroatoms. The van der Waals surface area contributed by atoms with Crippen molar-refractivity contribution in [1.82, 2.24) is 9.97 Å². The molecular formula is C16H13N3O2S. The number of thiophene rings is 1. The van der Waals surface area contributed by atoms with E-state index in [0.717, 1.165) is 35.1 Å². The Morgan fingerprint density at radius 3 is 2.86 bits per heavy atom. The van der Waals surface area contributed by atoms with Gasteiger partial charge >= 0.3 is 0 Å². The highest BCUT2D eigenvalue weighted by atomic mass is 32.1. The molecule has 0 bridgehead atoms. The first-order chi connectivity index (χ1) is 10.9. The molecule has 0 amide bonds. The molecule has 0 unspecified atom stereocenters. The van der Waals surface area contributed by atoms with Crippen molar-refractivity contribution < 1.29 is 9.47 Å². The zero-order valence-corrected chi connectivity index (χ0v) is 12.5. The summed E-state index contributed by atoms with van der Waals surface area (Å²) in [5, 5.41) is 5.32. The van der Waals surface area contributed by atoms with Gasteiger partial charge < -0.3 is 14.8 Å². The summed E-state index contributed by atoms with van der Waals surface area (Å²) in [6.45, 7) is 1.03. The van der Waals surface area contributed by atoms with Crippen LogP contribution >= 0.6 is 11.3 Å². The Balaban J connectivity index is 1.49. The fraction of sp³-hybridized carbons (Fsp3) is 0.125. The molecule has 1 aliphatic rings. The van der Waals surface area contributed by atoms with Gasteiger partial charge in [-0.2, -0.15) is 0 Å².